The molecule has 1 unspecified atom stereocenters. The van der Waals surface area contributed by atoms with Crippen LogP contribution in [0.3, 0.4) is 0 Å². The van der Waals surface area contributed by atoms with Gasteiger partial charge in [-0.15, -0.1) is 0 Å². The van der Waals surface area contributed by atoms with E-state index in [-0.39, 0.29) is 17.2 Å². The highest BCUT2D eigenvalue weighted by atomic mass is 79.9. The lowest BCUT2D eigenvalue weighted by Crippen LogP contribution is -2.33. The monoisotopic (exact) mass is 505 g/mol. The zero-order valence-corrected chi connectivity index (χ0v) is 21.0. The molecule has 5 heteroatoms. The van der Waals surface area contributed by atoms with E-state index in [4.69, 9.17) is 9.47 Å². The molecule has 33 heavy (non-hydrogen) atoms. The van der Waals surface area contributed by atoms with Crippen molar-refractivity contribution in [1.29, 1.82) is 0 Å². The quantitative estimate of drug-likeness (QED) is 0.403. The van der Waals surface area contributed by atoms with Gasteiger partial charge in [0.15, 0.2) is 17.3 Å². The van der Waals surface area contributed by atoms with Gasteiger partial charge in [0, 0.05) is 23.2 Å². The Morgan fingerprint density at radius 3 is 2.67 bits per heavy atom. The maximum Gasteiger partial charge on any atom is 0.174 e. The average molecular weight is 506 g/mol. The molecule has 2 aliphatic rings. The van der Waals surface area contributed by atoms with Crippen molar-refractivity contribution in [1.82, 2.24) is 0 Å². The molecule has 5 rings (SSSR count). The Hall–Kier alpha value is -2.79. The lowest BCUT2D eigenvalue weighted by atomic mass is 9.68. The molecule has 3 aromatic rings. The normalized spacial score (nSPS) is 19.1. The second kappa shape index (κ2) is 8.21. The molecule has 0 amide bonds. The lowest BCUT2D eigenvalue weighted by Gasteiger charge is -2.40. The smallest absolute Gasteiger partial charge is 0.174 e. The Kier molecular flexibility index (Phi) is 5.48. The summed E-state index contributed by atoms with van der Waals surface area (Å²) in [6, 6.07) is 16.5. The average Bonchev–Trinajstić information content (AvgIpc) is 2.77. The number of Topliss-reactive ketones (excluding diaryl/α,β-unsaturated/α-hetero) is 1. The van der Waals surface area contributed by atoms with E-state index in [1.807, 2.05) is 19.1 Å². The molecule has 0 radical (unpaired) electrons. The number of nitrogens with one attached hydrogen (secondary N) is 1. The van der Waals surface area contributed by atoms with Gasteiger partial charge in [-0.25, -0.2) is 0 Å². The van der Waals surface area contributed by atoms with Gasteiger partial charge in [-0.05, 0) is 74.8 Å². The number of rotatable bonds is 4. The van der Waals surface area contributed by atoms with E-state index in [1.54, 1.807) is 7.11 Å². The number of anilines is 1. The number of hydrogen-bond acceptors (Lipinski definition) is 4. The Labute approximate surface area is 203 Å². The number of carbonyl (C=O) groups is 1. The van der Waals surface area contributed by atoms with E-state index in [0.29, 0.717) is 24.5 Å². The molecule has 4 nitrogen and oxygen atoms in total. The third kappa shape index (κ3) is 3.72. The number of ketones is 1. The van der Waals surface area contributed by atoms with Gasteiger partial charge in [0.25, 0.3) is 0 Å². The fourth-order valence-electron chi connectivity index (χ4n) is 5.30. The van der Waals surface area contributed by atoms with Crippen LogP contribution in [0.1, 0.15) is 50.8 Å². The third-order valence-electron chi connectivity index (χ3n) is 6.61. The van der Waals surface area contributed by atoms with Crippen LogP contribution in [0, 0.1) is 5.41 Å². The zero-order valence-electron chi connectivity index (χ0n) is 19.4. The van der Waals surface area contributed by atoms with Crippen LogP contribution in [-0.4, -0.2) is 19.5 Å². The lowest BCUT2D eigenvalue weighted by molar-refractivity contribution is -0.118. The van der Waals surface area contributed by atoms with Gasteiger partial charge in [-0.3, -0.25) is 4.79 Å². The largest absolute Gasteiger partial charge is 0.492 e. The third-order valence-corrected chi connectivity index (χ3v) is 7.20. The molecule has 1 heterocycles. The van der Waals surface area contributed by atoms with Gasteiger partial charge >= 0.3 is 0 Å². The second-order valence-corrected chi connectivity index (χ2v) is 10.4. The number of carbonyl (C=O) groups excluding carboxylic acids is 1. The first-order chi connectivity index (χ1) is 15.8. The van der Waals surface area contributed by atoms with Crippen molar-refractivity contribution >= 4 is 43.7 Å². The van der Waals surface area contributed by atoms with Crippen LogP contribution in [0.15, 0.2) is 58.6 Å². The molecule has 1 N–H and O–H groups in total. The van der Waals surface area contributed by atoms with Crippen LogP contribution in [0.25, 0.3) is 16.3 Å². The summed E-state index contributed by atoms with van der Waals surface area (Å²) in [5.41, 5.74) is 5.16. The number of methoxy groups -OCH3 is 1. The molecular formula is C28H28BrNO3. The summed E-state index contributed by atoms with van der Waals surface area (Å²) in [6.07, 6.45) is 1.41. The van der Waals surface area contributed by atoms with Gasteiger partial charge in [-0.1, -0.05) is 44.2 Å². The summed E-state index contributed by atoms with van der Waals surface area (Å²) < 4.78 is 12.2. The minimum Gasteiger partial charge on any atom is -0.492 e. The molecule has 0 spiro atoms. The van der Waals surface area contributed by atoms with Crippen molar-refractivity contribution in [2.24, 2.45) is 5.41 Å². The van der Waals surface area contributed by atoms with Gasteiger partial charge in [-0.2, -0.15) is 0 Å². The first-order valence-corrected chi connectivity index (χ1v) is 12.2. The van der Waals surface area contributed by atoms with Crippen molar-refractivity contribution in [3.8, 4) is 11.5 Å². The Morgan fingerprint density at radius 1 is 1.12 bits per heavy atom. The molecule has 1 aliphatic carbocycles. The summed E-state index contributed by atoms with van der Waals surface area (Å²) in [6.45, 7) is 6.86. The number of hydrogen-bond donors (Lipinski definition) is 1. The SMILES string of the molecule is CCOc1cc(C2Nc3ccc4ccccc4c3C3=C2C(=O)CC(C)(C)C3)cc(Br)c1OC. The summed E-state index contributed by atoms with van der Waals surface area (Å²) in [4.78, 5) is 13.6. The predicted octanol–water partition coefficient (Wildman–Crippen LogP) is 7.32. The predicted molar refractivity (Wildman–Crippen MR) is 137 cm³/mol. The first-order valence-electron chi connectivity index (χ1n) is 11.4. The van der Waals surface area contributed by atoms with Gasteiger partial charge in [0.1, 0.15) is 0 Å². The maximum absolute atomic E-state index is 13.6. The molecule has 1 aliphatic heterocycles. The van der Waals surface area contributed by atoms with Gasteiger partial charge < -0.3 is 14.8 Å². The molecule has 0 fully saturated rings. The van der Waals surface area contributed by atoms with E-state index >= 15 is 0 Å². The van der Waals surface area contributed by atoms with Crippen LogP contribution in [-0.2, 0) is 4.79 Å². The van der Waals surface area contributed by atoms with E-state index in [0.717, 1.165) is 38.9 Å². The van der Waals surface area contributed by atoms with Crippen molar-refractivity contribution < 1.29 is 14.3 Å². The maximum atomic E-state index is 13.6. The minimum atomic E-state index is -0.251. The topological polar surface area (TPSA) is 47.6 Å². The first kappa shape index (κ1) is 22.0. The summed E-state index contributed by atoms with van der Waals surface area (Å²) in [5.74, 6) is 1.54. The molecule has 0 bridgehead atoms. The molecule has 0 aromatic heterocycles. The van der Waals surface area contributed by atoms with E-state index < -0.39 is 0 Å². The number of fused-ring (bicyclic) bond motifs is 4. The fourth-order valence-corrected chi connectivity index (χ4v) is 5.92. The Bertz CT molecular complexity index is 1310. The van der Waals surface area contributed by atoms with Crippen LogP contribution in [0.4, 0.5) is 5.69 Å². The number of ether oxygens (including phenoxy) is 2. The molecule has 0 saturated carbocycles. The standard InChI is InChI=1S/C28H28BrNO3/c1-5-33-23-13-17(12-20(29)27(23)32-4)26-25-19(14-28(2,3)15-22(25)31)24-18-9-7-6-8-16(18)10-11-21(24)30-26/h6-13,26,30H,5,14-15H2,1-4H3. The van der Waals surface area contributed by atoms with Crippen molar-refractivity contribution in [3.63, 3.8) is 0 Å². The van der Waals surface area contributed by atoms with Crippen molar-refractivity contribution in [2.75, 3.05) is 19.0 Å². The van der Waals surface area contributed by atoms with Crippen LogP contribution < -0.4 is 14.8 Å². The number of benzene rings is 3. The van der Waals surface area contributed by atoms with Crippen molar-refractivity contribution in [2.45, 2.75) is 39.7 Å². The highest BCUT2D eigenvalue weighted by Crippen LogP contribution is 2.53. The molecule has 170 valence electrons. The van der Waals surface area contributed by atoms with Gasteiger partial charge in [0.05, 0.1) is 24.2 Å². The highest BCUT2D eigenvalue weighted by Gasteiger charge is 2.41. The number of halogens is 1. The summed E-state index contributed by atoms with van der Waals surface area (Å²) >= 11 is 3.65. The Morgan fingerprint density at radius 2 is 1.91 bits per heavy atom. The fraction of sp³-hybridized carbons (Fsp3) is 0.321. The molecule has 1 atom stereocenters. The van der Waals surface area contributed by atoms with E-state index in [9.17, 15) is 4.79 Å². The summed E-state index contributed by atoms with van der Waals surface area (Å²) in [5, 5.41) is 6.07. The van der Waals surface area contributed by atoms with E-state index in [2.05, 4.69) is 71.5 Å². The Balaban J connectivity index is 1.76. The van der Waals surface area contributed by atoms with E-state index in [1.165, 1.54) is 10.8 Å². The van der Waals surface area contributed by atoms with Crippen LogP contribution >= 0.6 is 15.9 Å². The van der Waals surface area contributed by atoms with Crippen LogP contribution in [0.2, 0.25) is 0 Å². The zero-order chi connectivity index (χ0) is 23.3. The van der Waals surface area contributed by atoms with Crippen LogP contribution in [0.5, 0.6) is 11.5 Å². The summed E-state index contributed by atoms with van der Waals surface area (Å²) in [7, 11) is 1.63. The second-order valence-electron chi connectivity index (χ2n) is 9.59. The number of allylic oxidation sites excluding steroid dienone is 1. The minimum absolute atomic E-state index is 0.0804. The van der Waals surface area contributed by atoms with Gasteiger partial charge in [0.2, 0.25) is 0 Å². The highest BCUT2D eigenvalue weighted by molar-refractivity contribution is 9.10. The van der Waals surface area contributed by atoms with Crippen molar-refractivity contribution in [3.05, 3.63) is 69.7 Å². The molecular weight excluding hydrogens is 478 g/mol. The molecule has 3 aromatic carbocycles. The molecule has 0 saturated heterocycles.